The summed E-state index contributed by atoms with van der Waals surface area (Å²) in [6.45, 7) is 5.01. The molecule has 30 heavy (non-hydrogen) atoms. The molecule has 1 aliphatic heterocycles. The van der Waals surface area contributed by atoms with Gasteiger partial charge in [-0.15, -0.1) is 0 Å². The van der Waals surface area contributed by atoms with Crippen LogP contribution in [0, 0.1) is 22.7 Å². The molecule has 1 aromatic heterocycles. The van der Waals surface area contributed by atoms with E-state index >= 15 is 0 Å². The number of fused-ring (bicyclic) bond motifs is 1. The first kappa shape index (κ1) is 19.8. The Bertz CT molecular complexity index is 1110. The predicted molar refractivity (Wildman–Crippen MR) is 118 cm³/mol. The highest BCUT2D eigenvalue weighted by Gasteiger charge is 2.19. The Morgan fingerprint density at radius 3 is 2.60 bits per heavy atom. The van der Waals surface area contributed by atoms with E-state index in [0.717, 1.165) is 67.9 Å². The van der Waals surface area contributed by atoms with Gasteiger partial charge in [0, 0.05) is 49.3 Å². The molecule has 152 valence electrons. The molecular formula is C24H25N5O. The Labute approximate surface area is 176 Å². The van der Waals surface area contributed by atoms with Crippen LogP contribution in [-0.4, -0.2) is 49.7 Å². The quantitative estimate of drug-likeness (QED) is 0.684. The lowest BCUT2D eigenvalue weighted by molar-refractivity contribution is 0.254. The number of H-pyrrole nitrogens is 1. The van der Waals surface area contributed by atoms with Gasteiger partial charge >= 0.3 is 0 Å². The fraction of sp³-hybridized carbons (Fsp3) is 0.333. The number of hydrogen-bond donors (Lipinski definition) is 1. The van der Waals surface area contributed by atoms with Crippen LogP contribution in [0.25, 0.3) is 10.9 Å². The van der Waals surface area contributed by atoms with Crippen molar-refractivity contribution in [1.29, 1.82) is 10.5 Å². The van der Waals surface area contributed by atoms with E-state index in [1.807, 2.05) is 24.3 Å². The summed E-state index contributed by atoms with van der Waals surface area (Å²) in [4.78, 5) is 8.03. The van der Waals surface area contributed by atoms with Crippen molar-refractivity contribution in [1.82, 2.24) is 9.88 Å². The number of benzene rings is 2. The Morgan fingerprint density at radius 2 is 1.87 bits per heavy atom. The molecule has 3 aromatic rings. The zero-order valence-corrected chi connectivity index (χ0v) is 17.2. The number of rotatable bonds is 6. The number of ether oxygens (including phenoxy) is 1. The van der Waals surface area contributed by atoms with Crippen LogP contribution in [0.1, 0.15) is 23.1 Å². The molecule has 0 amide bonds. The Hall–Kier alpha value is -3.48. The van der Waals surface area contributed by atoms with E-state index in [0.29, 0.717) is 11.1 Å². The minimum absolute atomic E-state index is 0.621. The molecule has 0 radical (unpaired) electrons. The van der Waals surface area contributed by atoms with Crippen molar-refractivity contribution in [2.75, 3.05) is 44.7 Å². The van der Waals surface area contributed by atoms with Crippen molar-refractivity contribution < 1.29 is 4.74 Å². The second-order valence-electron chi connectivity index (χ2n) is 7.62. The second kappa shape index (κ2) is 8.90. The normalized spacial score (nSPS) is 14.4. The maximum absolute atomic E-state index is 9.12. The smallest absolute Gasteiger partial charge is 0.143 e. The monoisotopic (exact) mass is 399 g/mol. The molecule has 4 rings (SSSR count). The van der Waals surface area contributed by atoms with E-state index < -0.39 is 0 Å². The van der Waals surface area contributed by atoms with Crippen LogP contribution in [0.5, 0.6) is 5.75 Å². The second-order valence-corrected chi connectivity index (χ2v) is 7.62. The van der Waals surface area contributed by atoms with Gasteiger partial charge in [0.15, 0.2) is 0 Å². The molecule has 6 heteroatoms. The number of aromatic amines is 1. The van der Waals surface area contributed by atoms with E-state index in [2.05, 4.69) is 39.1 Å². The van der Waals surface area contributed by atoms with Gasteiger partial charge in [0.05, 0.1) is 30.0 Å². The molecule has 2 aromatic carbocycles. The Kier molecular flexibility index (Phi) is 5.88. The van der Waals surface area contributed by atoms with Gasteiger partial charge < -0.3 is 14.6 Å². The number of aromatic nitrogens is 1. The fourth-order valence-electron chi connectivity index (χ4n) is 4.15. The highest BCUT2D eigenvalue weighted by Crippen LogP contribution is 2.30. The lowest BCUT2D eigenvalue weighted by atomic mass is 10.1. The number of nitrogens with one attached hydrogen (secondary N) is 1. The van der Waals surface area contributed by atoms with Crippen LogP contribution in [0.2, 0.25) is 0 Å². The maximum atomic E-state index is 9.12. The van der Waals surface area contributed by atoms with Crippen LogP contribution < -0.4 is 9.64 Å². The molecule has 0 saturated carbocycles. The third-order valence-electron chi connectivity index (χ3n) is 5.83. The topological polar surface area (TPSA) is 79.1 Å². The number of methoxy groups -OCH3 is 1. The van der Waals surface area contributed by atoms with Crippen LogP contribution in [0.15, 0.2) is 42.6 Å². The third-order valence-corrected chi connectivity index (χ3v) is 5.83. The van der Waals surface area contributed by atoms with Gasteiger partial charge in [-0.25, -0.2) is 0 Å². The summed E-state index contributed by atoms with van der Waals surface area (Å²) in [5.41, 5.74) is 4.72. The zero-order valence-electron chi connectivity index (χ0n) is 17.2. The SMILES string of the molecule is COc1cc(C#N)ccc1N1CCN(CCCc2ccc3c(C#N)c[nH]c3c2)CC1. The molecule has 2 heterocycles. The summed E-state index contributed by atoms with van der Waals surface area (Å²) < 4.78 is 5.49. The molecule has 6 nitrogen and oxygen atoms in total. The van der Waals surface area contributed by atoms with Gasteiger partial charge in [0.25, 0.3) is 0 Å². The van der Waals surface area contributed by atoms with Crippen molar-refractivity contribution in [2.24, 2.45) is 0 Å². The van der Waals surface area contributed by atoms with Crippen molar-refractivity contribution >= 4 is 16.6 Å². The van der Waals surface area contributed by atoms with Crippen molar-refractivity contribution in [3.8, 4) is 17.9 Å². The molecule has 0 unspecified atom stereocenters. The predicted octanol–water partition coefficient (Wildman–Crippen LogP) is 3.67. The lowest BCUT2D eigenvalue weighted by Gasteiger charge is -2.36. The van der Waals surface area contributed by atoms with Crippen LogP contribution in [0.3, 0.4) is 0 Å². The van der Waals surface area contributed by atoms with Crippen LogP contribution in [-0.2, 0) is 6.42 Å². The zero-order chi connectivity index (χ0) is 20.9. The summed E-state index contributed by atoms with van der Waals surface area (Å²) in [5.74, 6) is 0.766. The minimum Gasteiger partial charge on any atom is -0.495 e. The number of nitriles is 2. The van der Waals surface area contributed by atoms with Gasteiger partial charge in [-0.1, -0.05) is 12.1 Å². The van der Waals surface area contributed by atoms with E-state index in [4.69, 9.17) is 15.3 Å². The highest BCUT2D eigenvalue weighted by atomic mass is 16.5. The molecule has 1 aliphatic rings. The van der Waals surface area contributed by atoms with Crippen LogP contribution in [0.4, 0.5) is 5.69 Å². The maximum Gasteiger partial charge on any atom is 0.143 e. The number of aryl methyl sites for hydroxylation is 1. The first-order valence-electron chi connectivity index (χ1n) is 10.3. The third kappa shape index (κ3) is 4.10. The lowest BCUT2D eigenvalue weighted by Crippen LogP contribution is -2.46. The summed E-state index contributed by atoms with van der Waals surface area (Å²) in [5, 5.41) is 19.2. The Morgan fingerprint density at radius 1 is 1.03 bits per heavy atom. The molecular weight excluding hydrogens is 374 g/mol. The molecule has 1 fully saturated rings. The minimum atomic E-state index is 0.621. The average molecular weight is 399 g/mol. The first-order valence-corrected chi connectivity index (χ1v) is 10.3. The average Bonchev–Trinajstić information content (AvgIpc) is 3.21. The number of piperazine rings is 1. The largest absolute Gasteiger partial charge is 0.495 e. The van der Waals surface area contributed by atoms with Gasteiger partial charge in [0.2, 0.25) is 0 Å². The molecule has 1 N–H and O–H groups in total. The van der Waals surface area contributed by atoms with Crippen molar-refractivity contribution in [3.05, 3.63) is 59.3 Å². The molecule has 0 spiro atoms. The van der Waals surface area contributed by atoms with E-state index in [9.17, 15) is 0 Å². The molecule has 0 atom stereocenters. The van der Waals surface area contributed by atoms with Gasteiger partial charge in [-0.05, 0) is 43.1 Å². The fourth-order valence-corrected chi connectivity index (χ4v) is 4.15. The number of hydrogen-bond acceptors (Lipinski definition) is 5. The van der Waals surface area contributed by atoms with Crippen molar-refractivity contribution in [3.63, 3.8) is 0 Å². The van der Waals surface area contributed by atoms with E-state index in [-0.39, 0.29) is 0 Å². The van der Waals surface area contributed by atoms with E-state index in [1.165, 1.54) is 5.56 Å². The highest BCUT2D eigenvalue weighted by molar-refractivity contribution is 5.86. The van der Waals surface area contributed by atoms with Gasteiger partial charge in [0.1, 0.15) is 11.8 Å². The van der Waals surface area contributed by atoms with Gasteiger partial charge in [-0.3, -0.25) is 4.90 Å². The summed E-state index contributed by atoms with van der Waals surface area (Å²) in [6.07, 6.45) is 3.91. The van der Waals surface area contributed by atoms with Gasteiger partial charge in [-0.2, -0.15) is 10.5 Å². The summed E-state index contributed by atoms with van der Waals surface area (Å²) in [7, 11) is 1.65. The molecule has 0 bridgehead atoms. The first-order chi connectivity index (χ1) is 14.7. The molecule has 1 saturated heterocycles. The summed E-state index contributed by atoms with van der Waals surface area (Å²) >= 11 is 0. The number of nitrogens with zero attached hydrogens (tertiary/aromatic N) is 4. The number of anilines is 1. The van der Waals surface area contributed by atoms with Crippen molar-refractivity contribution in [2.45, 2.75) is 12.8 Å². The standard InChI is InChI=1S/C24H25N5O/c1-30-24-14-19(15-25)5-7-23(24)29-11-9-28(10-12-29)8-2-3-18-4-6-21-20(16-26)17-27-22(21)13-18/h4-7,13-14,17,27H,2-3,8-12H2,1H3. The Balaban J connectivity index is 1.28. The molecule has 0 aliphatic carbocycles. The van der Waals surface area contributed by atoms with E-state index in [1.54, 1.807) is 13.3 Å². The summed E-state index contributed by atoms with van der Waals surface area (Å²) in [6, 6.07) is 16.4. The van der Waals surface area contributed by atoms with Crippen LogP contribution >= 0.6 is 0 Å².